The van der Waals surface area contributed by atoms with E-state index in [4.69, 9.17) is 14.5 Å². The fourth-order valence-electron chi connectivity index (χ4n) is 4.96. The number of aromatic nitrogens is 2. The van der Waals surface area contributed by atoms with Gasteiger partial charge in [0.1, 0.15) is 5.75 Å². The lowest BCUT2D eigenvalue weighted by atomic mass is 10.1. The normalized spacial score (nSPS) is 15.2. The zero-order chi connectivity index (χ0) is 25.9. The summed E-state index contributed by atoms with van der Waals surface area (Å²) < 4.78 is 13.3. The second-order valence-electron chi connectivity index (χ2n) is 9.56. The highest BCUT2D eigenvalue weighted by Gasteiger charge is 2.23. The molecule has 8 heteroatoms. The first-order valence-electron chi connectivity index (χ1n) is 12.9. The largest absolute Gasteiger partial charge is 0.497 e. The number of amides is 2. The van der Waals surface area contributed by atoms with Crippen molar-refractivity contribution in [1.82, 2.24) is 14.3 Å². The first kappa shape index (κ1) is 24.5. The van der Waals surface area contributed by atoms with Gasteiger partial charge in [0.25, 0.3) is 0 Å². The third-order valence-corrected chi connectivity index (χ3v) is 7.91. The average molecular weight is 527 g/mol. The first-order valence-corrected chi connectivity index (χ1v) is 13.8. The fourth-order valence-corrected chi connectivity index (χ4v) is 5.87. The molecule has 3 heterocycles. The summed E-state index contributed by atoms with van der Waals surface area (Å²) >= 11 is 1.63. The molecular weight excluding hydrogens is 496 g/mol. The van der Waals surface area contributed by atoms with Gasteiger partial charge < -0.3 is 19.7 Å². The summed E-state index contributed by atoms with van der Waals surface area (Å²) in [5.41, 5.74) is 3.90. The van der Waals surface area contributed by atoms with Gasteiger partial charge in [0.05, 0.1) is 18.9 Å². The Hall–Kier alpha value is -3.88. The van der Waals surface area contributed by atoms with Crippen molar-refractivity contribution in [3.8, 4) is 17.0 Å². The molecule has 0 unspecified atom stereocenters. The van der Waals surface area contributed by atoms with Gasteiger partial charge in [-0.05, 0) is 41.8 Å². The molecule has 6 rings (SSSR count). The Morgan fingerprint density at radius 3 is 2.89 bits per heavy atom. The zero-order valence-electron chi connectivity index (χ0n) is 21.3. The summed E-state index contributed by atoms with van der Waals surface area (Å²) in [4.78, 5) is 21.0. The van der Waals surface area contributed by atoms with Crippen molar-refractivity contribution in [3.05, 3.63) is 84.0 Å². The molecule has 1 aliphatic heterocycles. The lowest BCUT2D eigenvalue weighted by molar-refractivity contribution is 0.0838. The molecule has 0 saturated carbocycles. The molecule has 1 aliphatic rings. The summed E-state index contributed by atoms with van der Waals surface area (Å²) in [6, 6.07) is 22.1. The number of ether oxygens (including phenoxy) is 2. The Labute approximate surface area is 225 Å². The lowest BCUT2D eigenvalue weighted by Gasteiger charge is -2.26. The molecule has 0 radical (unpaired) electrons. The van der Waals surface area contributed by atoms with Crippen LogP contribution in [0.3, 0.4) is 0 Å². The van der Waals surface area contributed by atoms with Crippen LogP contribution in [0.5, 0.6) is 5.75 Å². The number of carbonyl (C=O) groups is 1. The maximum atomic E-state index is 13.3. The lowest BCUT2D eigenvalue weighted by Crippen LogP contribution is -2.41. The third-order valence-electron chi connectivity index (χ3n) is 7.02. The molecule has 1 saturated heterocycles. The minimum atomic E-state index is -0.136. The van der Waals surface area contributed by atoms with Crippen LogP contribution < -0.4 is 10.1 Å². The minimum Gasteiger partial charge on any atom is -0.497 e. The number of anilines is 1. The van der Waals surface area contributed by atoms with Crippen LogP contribution in [0.4, 0.5) is 10.5 Å². The van der Waals surface area contributed by atoms with E-state index in [2.05, 4.69) is 63.8 Å². The standard InChI is InChI=1S/C30H30N4O3S/c1-36-26-9-4-8-24(17-26)31-29(35)33(18-27-10-5-15-37-27)14-13-25-20-38-30-32-28(19-34(25)30)23-12-11-21-6-2-3-7-22(21)16-23/h2-4,6-9,11-12,16-17,19-20,27H,5,10,13-15,18H2,1H3,(H,31,35)/t27-/m0/s1. The maximum Gasteiger partial charge on any atom is 0.321 e. The van der Waals surface area contributed by atoms with E-state index in [-0.39, 0.29) is 12.1 Å². The van der Waals surface area contributed by atoms with Crippen LogP contribution >= 0.6 is 11.3 Å². The molecule has 2 amide bonds. The first-order chi connectivity index (χ1) is 18.7. The van der Waals surface area contributed by atoms with Crippen LogP contribution in [-0.4, -0.2) is 53.2 Å². The SMILES string of the molecule is COc1cccc(NC(=O)N(CCc2csc3nc(-c4ccc5ccccc5c4)cn23)C[C@@H]2CCCO2)c1. The highest BCUT2D eigenvalue weighted by Crippen LogP contribution is 2.27. The molecule has 2 aromatic heterocycles. The number of benzene rings is 3. The highest BCUT2D eigenvalue weighted by molar-refractivity contribution is 7.15. The van der Waals surface area contributed by atoms with Gasteiger partial charge in [0.2, 0.25) is 0 Å². The van der Waals surface area contributed by atoms with Crippen molar-refractivity contribution < 1.29 is 14.3 Å². The number of nitrogens with zero attached hydrogens (tertiary/aromatic N) is 3. The molecule has 0 spiro atoms. The second kappa shape index (κ2) is 10.8. The number of thiazole rings is 1. The van der Waals surface area contributed by atoms with E-state index in [0.717, 1.165) is 41.4 Å². The predicted molar refractivity (Wildman–Crippen MR) is 152 cm³/mol. The topological polar surface area (TPSA) is 68.1 Å². The van der Waals surface area contributed by atoms with Crippen LogP contribution in [0.1, 0.15) is 18.5 Å². The average Bonchev–Trinajstić information content (AvgIpc) is 3.69. The van der Waals surface area contributed by atoms with Crippen molar-refractivity contribution in [1.29, 1.82) is 0 Å². The quantitative estimate of drug-likeness (QED) is 0.251. The number of carbonyl (C=O) groups excluding carboxylic acids is 1. The van der Waals surface area contributed by atoms with Gasteiger partial charge in [0.15, 0.2) is 4.96 Å². The number of methoxy groups -OCH3 is 1. The van der Waals surface area contributed by atoms with Gasteiger partial charge in [-0.1, -0.05) is 42.5 Å². The molecule has 38 heavy (non-hydrogen) atoms. The number of hydrogen-bond donors (Lipinski definition) is 1. The smallest absolute Gasteiger partial charge is 0.321 e. The molecule has 1 fully saturated rings. The fraction of sp³-hybridized carbons (Fsp3) is 0.267. The second-order valence-corrected chi connectivity index (χ2v) is 10.4. The van der Waals surface area contributed by atoms with Gasteiger partial charge in [-0.15, -0.1) is 11.3 Å². The van der Waals surface area contributed by atoms with Crippen molar-refractivity contribution in [2.75, 3.05) is 32.1 Å². The molecule has 3 aromatic carbocycles. The highest BCUT2D eigenvalue weighted by atomic mass is 32.1. The number of nitrogens with one attached hydrogen (secondary N) is 1. The van der Waals surface area contributed by atoms with Crippen molar-refractivity contribution >= 4 is 38.8 Å². The number of urea groups is 1. The van der Waals surface area contributed by atoms with Crippen molar-refractivity contribution in [3.63, 3.8) is 0 Å². The zero-order valence-corrected chi connectivity index (χ0v) is 22.1. The Morgan fingerprint density at radius 1 is 1.16 bits per heavy atom. The molecule has 1 N–H and O–H groups in total. The molecule has 7 nitrogen and oxygen atoms in total. The number of rotatable bonds is 8. The summed E-state index contributed by atoms with van der Waals surface area (Å²) in [6.45, 7) is 1.90. The molecule has 1 atom stereocenters. The van der Waals surface area contributed by atoms with E-state index in [1.54, 1.807) is 18.4 Å². The summed E-state index contributed by atoms with van der Waals surface area (Å²) in [5.74, 6) is 0.705. The summed E-state index contributed by atoms with van der Waals surface area (Å²) in [7, 11) is 1.62. The minimum absolute atomic E-state index is 0.0707. The molecular formula is C30H30N4O3S. The Balaban J connectivity index is 1.20. The number of hydrogen-bond acceptors (Lipinski definition) is 5. The monoisotopic (exact) mass is 526 g/mol. The third kappa shape index (κ3) is 5.23. The van der Waals surface area contributed by atoms with E-state index in [1.165, 1.54) is 10.8 Å². The van der Waals surface area contributed by atoms with Crippen LogP contribution in [0.2, 0.25) is 0 Å². The number of imidazole rings is 1. The molecule has 0 aliphatic carbocycles. The van der Waals surface area contributed by atoms with Crippen LogP contribution in [-0.2, 0) is 11.2 Å². The Kier molecular flexibility index (Phi) is 6.98. The van der Waals surface area contributed by atoms with E-state index in [1.807, 2.05) is 29.2 Å². The van der Waals surface area contributed by atoms with Crippen LogP contribution in [0.15, 0.2) is 78.3 Å². The Morgan fingerprint density at radius 2 is 2.05 bits per heavy atom. The van der Waals surface area contributed by atoms with Crippen LogP contribution in [0.25, 0.3) is 27.0 Å². The van der Waals surface area contributed by atoms with E-state index in [0.29, 0.717) is 30.9 Å². The van der Waals surface area contributed by atoms with Gasteiger partial charge in [-0.3, -0.25) is 4.40 Å². The Bertz CT molecular complexity index is 1570. The maximum absolute atomic E-state index is 13.3. The summed E-state index contributed by atoms with van der Waals surface area (Å²) in [6.07, 6.45) is 4.90. The number of fused-ring (bicyclic) bond motifs is 2. The molecule has 5 aromatic rings. The van der Waals surface area contributed by atoms with Gasteiger partial charge in [-0.25, -0.2) is 9.78 Å². The van der Waals surface area contributed by atoms with Crippen LogP contribution in [0, 0.1) is 0 Å². The molecule has 194 valence electrons. The predicted octanol–water partition coefficient (Wildman–Crippen LogP) is 6.48. The van der Waals surface area contributed by atoms with E-state index in [9.17, 15) is 4.79 Å². The van der Waals surface area contributed by atoms with Crippen molar-refractivity contribution in [2.24, 2.45) is 0 Å². The molecule has 0 bridgehead atoms. The van der Waals surface area contributed by atoms with Gasteiger partial charge in [0, 0.05) is 60.7 Å². The van der Waals surface area contributed by atoms with Gasteiger partial charge >= 0.3 is 6.03 Å². The van der Waals surface area contributed by atoms with E-state index < -0.39 is 0 Å². The summed E-state index contributed by atoms with van der Waals surface area (Å²) in [5, 5.41) is 7.59. The van der Waals surface area contributed by atoms with Gasteiger partial charge in [-0.2, -0.15) is 0 Å². The van der Waals surface area contributed by atoms with Crippen molar-refractivity contribution in [2.45, 2.75) is 25.4 Å². The van der Waals surface area contributed by atoms with E-state index >= 15 is 0 Å².